The summed E-state index contributed by atoms with van der Waals surface area (Å²) in [6.45, 7) is 15.3. The van der Waals surface area contributed by atoms with Crippen LogP contribution in [0.15, 0.2) is 12.1 Å². The quantitative estimate of drug-likeness (QED) is 0.753. The highest BCUT2D eigenvalue weighted by atomic mass is 16.5. The van der Waals surface area contributed by atoms with Gasteiger partial charge in [0.15, 0.2) is 0 Å². The molecule has 0 unspecified atom stereocenters. The van der Waals surface area contributed by atoms with E-state index in [2.05, 4.69) is 60.6 Å². The molecule has 0 spiro atoms. The van der Waals surface area contributed by atoms with Gasteiger partial charge in [0, 0.05) is 0 Å². The predicted molar refractivity (Wildman–Crippen MR) is 84.3 cm³/mol. The van der Waals surface area contributed by atoms with Crippen LogP contribution in [0.1, 0.15) is 63.8 Å². The molecule has 1 aromatic rings. The molecule has 0 aliphatic rings. The van der Waals surface area contributed by atoms with Crippen LogP contribution in [0.4, 0.5) is 0 Å². The third kappa shape index (κ3) is 3.84. The van der Waals surface area contributed by atoms with Crippen molar-refractivity contribution >= 4 is 5.97 Å². The van der Waals surface area contributed by atoms with Gasteiger partial charge in [0.1, 0.15) is 0 Å². The Balaban J connectivity index is 3.58. The van der Waals surface area contributed by atoms with E-state index >= 15 is 0 Å². The van der Waals surface area contributed by atoms with Crippen LogP contribution in [-0.2, 0) is 26.8 Å². The molecule has 112 valence electrons. The summed E-state index contributed by atoms with van der Waals surface area (Å²) in [7, 11) is 1.45. The number of esters is 1. The second kappa shape index (κ2) is 5.59. The largest absolute Gasteiger partial charge is 0.469 e. The smallest absolute Gasteiger partial charge is 0.309 e. The van der Waals surface area contributed by atoms with E-state index in [4.69, 9.17) is 4.74 Å². The average molecular weight is 276 g/mol. The SMILES string of the molecule is COC(=O)Cc1c(C(C)(C)C)cc(C)cc1C(C)(C)C. The first-order valence-electron chi connectivity index (χ1n) is 7.18. The molecule has 0 radical (unpaired) electrons. The molecule has 0 saturated heterocycles. The number of rotatable bonds is 2. The van der Waals surface area contributed by atoms with Crippen molar-refractivity contribution in [2.24, 2.45) is 0 Å². The molecule has 0 fully saturated rings. The summed E-state index contributed by atoms with van der Waals surface area (Å²) in [5, 5.41) is 0. The minimum Gasteiger partial charge on any atom is -0.469 e. The highest BCUT2D eigenvalue weighted by molar-refractivity contribution is 5.74. The Bertz CT molecular complexity index is 464. The molecule has 2 heteroatoms. The lowest BCUT2D eigenvalue weighted by molar-refractivity contribution is -0.139. The summed E-state index contributed by atoms with van der Waals surface area (Å²) >= 11 is 0. The molecule has 1 rings (SSSR count). The maximum atomic E-state index is 11.8. The molecule has 0 bridgehead atoms. The second-order valence-corrected chi connectivity index (χ2v) is 7.59. The van der Waals surface area contributed by atoms with E-state index in [1.807, 2.05) is 0 Å². The second-order valence-electron chi connectivity index (χ2n) is 7.59. The van der Waals surface area contributed by atoms with Gasteiger partial charge in [0.05, 0.1) is 13.5 Å². The molecule has 0 aliphatic carbocycles. The van der Waals surface area contributed by atoms with Gasteiger partial charge < -0.3 is 4.74 Å². The van der Waals surface area contributed by atoms with Gasteiger partial charge in [0.25, 0.3) is 0 Å². The van der Waals surface area contributed by atoms with Gasteiger partial charge in [-0.2, -0.15) is 0 Å². The van der Waals surface area contributed by atoms with Crippen LogP contribution in [-0.4, -0.2) is 13.1 Å². The summed E-state index contributed by atoms with van der Waals surface area (Å²) in [6.07, 6.45) is 0.343. The van der Waals surface area contributed by atoms with Crippen molar-refractivity contribution in [3.63, 3.8) is 0 Å². The van der Waals surface area contributed by atoms with E-state index in [0.29, 0.717) is 6.42 Å². The van der Waals surface area contributed by atoms with Crippen molar-refractivity contribution in [2.45, 2.75) is 65.7 Å². The maximum Gasteiger partial charge on any atom is 0.309 e. The number of hydrogen-bond donors (Lipinski definition) is 0. The average Bonchev–Trinajstić information content (AvgIpc) is 2.27. The number of carbonyl (C=O) groups is 1. The molecule has 0 amide bonds. The van der Waals surface area contributed by atoms with E-state index in [9.17, 15) is 4.79 Å². The molecule has 1 aromatic carbocycles. The maximum absolute atomic E-state index is 11.8. The van der Waals surface area contributed by atoms with Crippen LogP contribution < -0.4 is 0 Å². The van der Waals surface area contributed by atoms with E-state index in [-0.39, 0.29) is 16.8 Å². The Kier molecular flexibility index (Phi) is 4.68. The monoisotopic (exact) mass is 276 g/mol. The van der Waals surface area contributed by atoms with Crippen LogP contribution in [0.5, 0.6) is 0 Å². The Labute approximate surface area is 123 Å². The van der Waals surface area contributed by atoms with Crippen LogP contribution in [0.3, 0.4) is 0 Å². The van der Waals surface area contributed by atoms with E-state index in [1.54, 1.807) is 0 Å². The fourth-order valence-electron chi connectivity index (χ4n) is 2.56. The highest BCUT2D eigenvalue weighted by Gasteiger charge is 2.27. The van der Waals surface area contributed by atoms with Crippen molar-refractivity contribution in [1.82, 2.24) is 0 Å². The molecule has 2 nitrogen and oxygen atoms in total. The van der Waals surface area contributed by atoms with Gasteiger partial charge in [-0.25, -0.2) is 0 Å². The lowest BCUT2D eigenvalue weighted by atomic mass is 9.74. The van der Waals surface area contributed by atoms with Crippen LogP contribution in [0.2, 0.25) is 0 Å². The summed E-state index contributed by atoms with van der Waals surface area (Å²) in [5.41, 5.74) is 4.88. The van der Waals surface area contributed by atoms with Crippen molar-refractivity contribution in [2.75, 3.05) is 7.11 Å². The topological polar surface area (TPSA) is 26.3 Å². The normalized spacial score (nSPS) is 12.4. The molecular weight excluding hydrogens is 248 g/mol. The van der Waals surface area contributed by atoms with E-state index in [1.165, 1.54) is 23.8 Å². The zero-order valence-corrected chi connectivity index (χ0v) is 14.2. The fourth-order valence-corrected chi connectivity index (χ4v) is 2.56. The number of methoxy groups -OCH3 is 1. The van der Waals surface area contributed by atoms with E-state index in [0.717, 1.165) is 5.56 Å². The van der Waals surface area contributed by atoms with Crippen LogP contribution in [0.25, 0.3) is 0 Å². The molecule has 0 N–H and O–H groups in total. The number of benzene rings is 1. The Morgan fingerprint density at radius 3 is 1.70 bits per heavy atom. The van der Waals surface area contributed by atoms with Crippen LogP contribution >= 0.6 is 0 Å². The first kappa shape index (κ1) is 16.7. The number of aryl methyl sites for hydroxylation is 1. The van der Waals surface area contributed by atoms with Gasteiger partial charge in [-0.15, -0.1) is 0 Å². The lowest BCUT2D eigenvalue weighted by Crippen LogP contribution is -2.23. The molecule has 0 saturated carbocycles. The number of carbonyl (C=O) groups excluding carboxylic acids is 1. The molecule has 0 atom stereocenters. The highest BCUT2D eigenvalue weighted by Crippen LogP contribution is 2.35. The van der Waals surface area contributed by atoms with Crippen LogP contribution in [0, 0.1) is 6.92 Å². The van der Waals surface area contributed by atoms with Gasteiger partial charge in [-0.3, -0.25) is 4.79 Å². The van der Waals surface area contributed by atoms with Crippen molar-refractivity contribution in [3.8, 4) is 0 Å². The molecule has 20 heavy (non-hydrogen) atoms. The predicted octanol–water partition coefficient (Wildman–Crippen LogP) is 4.31. The Morgan fingerprint density at radius 2 is 1.40 bits per heavy atom. The summed E-state index contributed by atoms with van der Waals surface area (Å²) in [5.74, 6) is -0.176. The number of hydrogen-bond acceptors (Lipinski definition) is 2. The van der Waals surface area contributed by atoms with Crippen molar-refractivity contribution < 1.29 is 9.53 Å². The standard InChI is InChI=1S/C18H28O2/c1-12-9-14(17(2,3)4)13(11-16(19)20-8)15(10-12)18(5,6)7/h9-10H,11H2,1-8H3. The molecular formula is C18H28O2. The lowest BCUT2D eigenvalue weighted by Gasteiger charge is -2.30. The first-order valence-corrected chi connectivity index (χ1v) is 7.18. The van der Waals surface area contributed by atoms with Gasteiger partial charge >= 0.3 is 5.97 Å². The third-order valence-corrected chi connectivity index (χ3v) is 3.56. The summed E-state index contributed by atoms with van der Waals surface area (Å²) < 4.78 is 4.88. The van der Waals surface area contributed by atoms with Gasteiger partial charge in [0.2, 0.25) is 0 Å². The molecule has 0 aromatic heterocycles. The third-order valence-electron chi connectivity index (χ3n) is 3.56. The van der Waals surface area contributed by atoms with E-state index < -0.39 is 0 Å². The van der Waals surface area contributed by atoms with Crippen molar-refractivity contribution in [1.29, 1.82) is 0 Å². The fraction of sp³-hybridized carbons (Fsp3) is 0.611. The summed E-state index contributed by atoms with van der Waals surface area (Å²) in [6, 6.07) is 4.40. The summed E-state index contributed by atoms with van der Waals surface area (Å²) in [4.78, 5) is 11.8. The first-order chi connectivity index (χ1) is 8.96. The zero-order chi connectivity index (χ0) is 15.7. The minimum atomic E-state index is -0.176. The zero-order valence-electron chi connectivity index (χ0n) is 14.2. The van der Waals surface area contributed by atoms with Gasteiger partial charge in [-0.05, 0) is 34.4 Å². The Hall–Kier alpha value is -1.31. The Morgan fingerprint density at radius 1 is 1.00 bits per heavy atom. The van der Waals surface area contributed by atoms with Crippen molar-refractivity contribution in [3.05, 3.63) is 34.4 Å². The molecule has 0 aliphatic heterocycles. The minimum absolute atomic E-state index is 0.00930. The number of ether oxygens (including phenoxy) is 1. The molecule has 0 heterocycles. The van der Waals surface area contributed by atoms with Gasteiger partial charge in [-0.1, -0.05) is 59.2 Å².